The van der Waals surface area contributed by atoms with Crippen LogP contribution in [0.4, 0.5) is 5.69 Å². The number of hydrogen-bond donors (Lipinski definition) is 1. The number of terminal acetylenes is 1. The van der Waals surface area contributed by atoms with Gasteiger partial charge in [-0.1, -0.05) is 66.0 Å². The van der Waals surface area contributed by atoms with Crippen LogP contribution in [0.1, 0.15) is 26.3 Å². The first-order chi connectivity index (χ1) is 10.8. The molecule has 0 aliphatic carbocycles. The topological polar surface area (TPSA) is 12.0 Å². The van der Waals surface area contributed by atoms with Crippen molar-refractivity contribution in [3.8, 4) is 12.3 Å². The van der Waals surface area contributed by atoms with E-state index in [4.69, 9.17) is 6.42 Å². The molecule has 0 amide bonds. The lowest BCUT2D eigenvalue weighted by Crippen LogP contribution is -2.23. The Balaban J connectivity index is 0.00000116. The smallest absolute Gasteiger partial charge is 0.0425 e. The van der Waals surface area contributed by atoms with Gasteiger partial charge in [-0.3, -0.25) is 0 Å². The molecule has 0 spiro atoms. The predicted octanol–water partition coefficient (Wildman–Crippen LogP) is 4.15. The SMILES string of the molecule is C#C/C=c1/cccc/c1=C\c1c(Br)cccc1NCC.CC. The van der Waals surface area contributed by atoms with Gasteiger partial charge in [-0.05, 0) is 41.6 Å². The second-order valence-electron chi connectivity index (χ2n) is 4.32. The molecule has 0 saturated carbocycles. The minimum Gasteiger partial charge on any atom is -0.385 e. The average molecular weight is 356 g/mol. The third-order valence-corrected chi connectivity index (χ3v) is 3.65. The third-order valence-electron chi connectivity index (χ3n) is 2.95. The molecule has 0 heterocycles. The van der Waals surface area contributed by atoms with Crippen molar-refractivity contribution in [2.45, 2.75) is 20.8 Å². The van der Waals surface area contributed by atoms with E-state index in [0.717, 1.165) is 32.7 Å². The maximum absolute atomic E-state index is 5.39. The molecule has 0 radical (unpaired) electrons. The van der Waals surface area contributed by atoms with Crippen molar-refractivity contribution < 1.29 is 0 Å². The van der Waals surface area contributed by atoms with Gasteiger partial charge in [-0.15, -0.1) is 6.42 Å². The zero-order valence-corrected chi connectivity index (χ0v) is 14.9. The number of anilines is 1. The highest BCUT2D eigenvalue weighted by molar-refractivity contribution is 9.10. The first-order valence-electron chi connectivity index (χ1n) is 7.51. The Hall–Kier alpha value is -1.98. The zero-order valence-electron chi connectivity index (χ0n) is 13.4. The fourth-order valence-electron chi connectivity index (χ4n) is 2.05. The van der Waals surface area contributed by atoms with Crippen molar-refractivity contribution in [3.63, 3.8) is 0 Å². The van der Waals surface area contributed by atoms with Gasteiger partial charge in [0.25, 0.3) is 0 Å². The molecule has 0 aliphatic heterocycles. The molecule has 0 saturated heterocycles. The summed E-state index contributed by atoms with van der Waals surface area (Å²) in [7, 11) is 0. The molecular weight excluding hydrogens is 334 g/mol. The molecule has 1 nitrogen and oxygen atoms in total. The molecule has 2 heteroatoms. The van der Waals surface area contributed by atoms with E-state index in [2.05, 4.69) is 52.3 Å². The molecule has 0 aliphatic rings. The lowest BCUT2D eigenvalue weighted by Gasteiger charge is -2.09. The molecule has 2 aromatic carbocycles. The van der Waals surface area contributed by atoms with Crippen molar-refractivity contribution in [2.75, 3.05) is 11.9 Å². The van der Waals surface area contributed by atoms with Gasteiger partial charge in [0.1, 0.15) is 0 Å². The summed E-state index contributed by atoms with van der Waals surface area (Å²) in [5.74, 6) is 2.59. The summed E-state index contributed by atoms with van der Waals surface area (Å²) in [6, 6.07) is 14.2. The molecule has 1 N–H and O–H groups in total. The third kappa shape index (κ3) is 4.79. The second-order valence-corrected chi connectivity index (χ2v) is 5.17. The molecule has 0 aromatic heterocycles. The van der Waals surface area contributed by atoms with E-state index in [1.54, 1.807) is 6.08 Å². The van der Waals surface area contributed by atoms with Crippen LogP contribution in [-0.4, -0.2) is 6.54 Å². The van der Waals surface area contributed by atoms with Gasteiger partial charge in [-0.25, -0.2) is 0 Å². The second kappa shape index (κ2) is 9.87. The van der Waals surface area contributed by atoms with Crippen LogP contribution < -0.4 is 15.8 Å². The summed E-state index contributed by atoms with van der Waals surface area (Å²) in [6.07, 6.45) is 9.32. The van der Waals surface area contributed by atoms with Gasteiger partial charge in [0.15, 0.2) is 0 Å². The molecule has 0 atom stereocenters. The molecule has 114 valence electrons. The largest absolute Gasteiger partial charge is 0.385 e. The Morgan fingerprint density at radius 1 is 1.09 bits per heavy atom. The van der Waals surface area contributed by atoms with E-state index < -0.39 is 0 Å². The fraction of sp³-hybridized carbons (Fsp3) is 0.200. The number of hydrogen-bond acceptors (Lipinski definition) is 1. The van der Waals surface area contributed by atoms with E-state index in [1.807, 2.05) is 44.2 Å². The van der Waals surface area contributed by atoms with Crippen LogP contribution in [0.2, 0.25) is 0 Å². The molecule has 0 fully saturated rings. The van der Waals surface area contributed by atoms with Crippen LogP contribution in [0, 0.1) is 12.3 Å². The van der Waals surface area contributed by atoms with Gasteiger partial charge >= 0.3 is 0 Å². The van der Waals surface area contributed by atoms with Crippen LogP contribution in [0.3, 0.4) is 0 Å². The summed E-state index contributed by atoms with van der Waals surface area (Å²) in [5, 5.41) is 5.53. The molecular formula is C20H22BrN. The van der Waals surface area contributed by atoms with Crippen LogP contribution in [-0.2, 0) is 0 Å². The normalized spacial score (nSPS) is 11.4. The predicted molar refractivity (Wildman–Crippen MR) is 102 cm³/mol. The van der Waals surface area contributed by atoms with Gasteiger partial charge < -0.3 is 5.32 Å². The molecule has 22 heavy (non-hydrogen) atoms. The van der Waals surface area contributed by atoms with Crippen molar-refractivity contribution in [1.82, 2.24) is 0 Å². The van der Waals surface area contributed by atoms with Crippen LogP contribution in [0.25, 0.3) is 12.2 Å². The van der Waals surface area contributed by atoms with Gasteiger partial charge in [0.2, 0.25) is 0 Å². The Morgan fingerprint density at radius 3 is 2.41 bits per heavy atom. The summed E-state index contributed by atoms with van der Waals surface area (Å²) in [4.78, 5) is 0. The Bertz CT molecular complexity index is 754. The maximum atomic E-state index is 5.39. The zero-order chi connectivity index (χ0) is 16.4. The average Bonchev–Trinajstić information content (AvgIpc) is 2.55. The monoisotopic (exact) mass is 355 g/mol. The molecule has 0 unspecified atom stereocenters. The fourth-order valence-corrected chi connectivity index (χ4v) is 2.53. The van der Waals surface area contributed by atoms with E-state index in [0.29, 0.717) is 0 Å². The minimum atomic E-state index is 0.884. The summed E-state index contributed by atoms with van der Waals surface area (Å²) >= 11 is 3.62. The summed E-state index contributed by atoms with van der Waals surface area (Å²) in [6.45, 7) is 6.97. The molecule has 2 aromatic rings. The first kappa shape index (κ1) is 18.1. The van der Waals surface area contributed by atoms with Crippen LogP contribution in [0.15, 0.2) is 46.9 Å². The molecule has 0 bridgehead atoms. The molecule has 2 rings (SSSR count). The Morgan fingerprint density at radius 2 is 1.77 bits per heavy atom. The van der Waals surface area contributed by atoms with E-state index >= 15 is 0 Å². The first-order valence-corrected chi connectivity index (χ1v) is 8.31. The number of benzene rings is 2. The van der Waals surface area contributed by atoms with Crippen molar-refractivity contribution in [3.05, 3.63) is 62.9 Å². The van der Waals surface area contributed by atoms with Crippen molar-refractivity contribution >= 4 is 33.8 Å². The minimum absolute atomic E-state index is 0.884. The maximum Gasteiger partial charge on any atom is 0.0425 e. The van der Waals surface area contributed by atoms with E-state index in [-0.39, 0.29) is 0 Å². The number of halogens is 1. The number of rotatable bonds is 3. The van der Waals surface area contributed by atoms with E-state index in [9.17, 15) is 0 Å². The van der Waals surface area contributed by atoms with Crippen molar-refractivity contribution in [1.29, 1.82) is 0 Å². The van der Waals surface area contributed by atoms with Gasteiger partial charge in [0, 0.05) is 22.3 Å². The Kier molecular flexibility index (Phi) is 8.10. The van der Waals surface area contributed by atoms with Crippen molar-refractivity contribution in [2.24, 2.45) is 0 Å². The number of nitrogens with one attached hydrogen (secondary N) is 1. The van der Waals surface area contributed by atoms with Gasteiger partial charge in [0.05, 0.1) is 0 Å². The lowest BCUT2D eigenvalue weighted by molar-refractivity contribution is 1.21. The highest BCUT2D eigenvalue weighted by atomic mass is 79.9. The standard InChI is InChI=1S/C18H16BrN.C2H6/c1-3-8-14-9-5-6-10-15(14)13-16-17(19)11-7-12-18(16)20-4-2;1-2/h1,5-13,20H,4H2,2H3;1-2H3/b14-8-,15-13+;. The summed E-state index contributed by atoms with van der Waals surface area (Å²) < 4.78 is 1.06. The summed E-state index contributed by atoms with van der Waals surface area (Å²) in [5.41, 5.74) is 2.24. The van der Waals surface area contributed by atoms with Crippen LogP contribution in [0.5, 0.6) is 0 Å². The van der Waals surface area contributed by atoms with Crippen LogP contribution >= 0.6 is 15.9 Å². The van der Waals surface area contributed by atoms with Gasteiger partial charge in [-0.2, -0.15) is 0 Å². The van der Waals surface area contributed by atoms with E-state index in [1.165, 1.54) is 0 Å². The highest BCUT2D eigenvalue weighted by Crippen LogP contribution is 2.25. The lowest BCUT2D eigenvalue weighted by atomic mass is 10.1. The quantitative estimate of drug-likeness (QED) is 0.815. The highest BCUT2D eigenvalue weighted by Gasteiger charge is 2.02. The Labute approximate surface area is 141 Å².